The van der Waals surface area contributed by atoms with Crippen LogP contribution in [0.3, 0.4) is 0 Å². The average molecular weight is 619 g/mol. The first-order valence-electron chi connectivity index (χ1n) is 16.4. The van der Waals surface area contributed by atoms with E-state index in [2.05, 4.69) is 40.7 Å². The number of benzene rings is 1. The molecule has 45 heavy (non-hydrogen) atoms. The van der Waals surface area contributed by atoms with Gasteiger partial charge >= 0.3 is 5.97 Å². The molecule has 10 heteroatoms. The summed E-state index contributed by atoms with van der Waals surface area (Å²) >= 11 is 0. The lowest BCUT2D eigenvalue weighted by Gasteiger charge is -2.59. The number of aromatic amines is 1. The quantitative estimate of drug-likeness (QED) is 0.261. The maximum absolute atomic E-state index is 12.5. The average Bonchev–Trinajstić information content (AvgIpc) is 3.52. The minimum absolute atomic E-state index is 0.0119. The van der Waals surface area contributed by atoms with Crippen molar-refractivity contribution < 1.29 is 29.4 Å². The number of hydrogen-bond donors (Lipinski definition) is 5. The molecular formula is C35H46N4O6. The molecule has 0 radical (unpaired) electrons. The van der Waals surface area contributed by atoms with Gasteiger partial charge in [0.1, 0.15) is 6.04 Å². The molecule has 10 nitrogen and oxygen atoms in total. The smallest absolute Gasteiger partial charge is 0.326 e. The number of allylic oxidation sites excluding steroid dienone is 2. The lowest BCUT2D eigenvalue weighted by atomic mass is 9.46. The fourth-order valence-electron chi connectivity index (χ4n) is 9.26. The Morgan fingerprint density at radius 3 is 2.62 bits per heavy atom. The number of carbonyl (C=O) groups is 3. The normalized spacial score (nSPS) is 33.8. The van der Waals surface area contributed by atoms with Gasteiger partial charge in [0.15, 0.2) is 6.61 Å². The number of aromatic nitrogens is 1. The van der Waals surface area contributed by atoms with E-state index in [-0.39, 0.29) is 30.4 Å². The van der Waals surface area contributed by atoms with Gasteiger partial charge in [0.2, 0.25) is 5.91 Å². The second kappa shape index (κ2) is 11.9. The monoisotopic (exact) mass is 618 g/mol. The number of nitrogens with one attached hydrogen (secondary N) is 3. The molecule has 6 rings (SSSR count). The van der Waals surface area contributed by atoms with Gasteiger partial charge in [-0.15, -0.1) is 0 Å². The van der Waals surface area contributed by atoms with Crippen molar-refractivity contribution in [3.63, 3.8) is 0 Å². The minimum Gasteiger partial charge on any atom is -0.480 e. The second-order valence-corrected chi connectivity index (χ2v) is 14.4. The van der Waals surface area contributed by atoms with E-state index in [4.69, 9.17) is 4.84 Å². The van der Waals surface area contributed by atoms with Gasteiger partial charge in [0, 0.05) is 23.5 Å². The van der Waals surface area contributed by atoms with Crippen LogP contribution in [0, 0.1) is 28.6 Å². The molecule has 0 bridgehead atoms. The number of carbonyl (C=O) groups excluding carboxylic acids is 2. The third-order valence-electron chi connectivity index (χ3n) is 12.1. The number of fused-ring (bicyclic) bond motifs is 6. The Morgan fingerprint density at radius 2 is 1.82 bits per heavy atom. The number of para-hydroxylation sites is 1. The Kier molecular flexibility index (Phi) is 8.31. The van der Waals surface area contributed by atoms with E-state index >= 15 is 0 Å². The van der Waals surface area contributed by atoms with Crippen molar-refractivity contribution in [1.82, 2.24) is 15.6 Å². The van der Waals surface area contributed by atoms with E-state index in [1.807, 2.05) is 31.2 Å². The van der Waals surface area contributed by atoms with Crippen LogP contribution < -0.4 is 10.6 Å². The van der Waals surface area contributed by atoms with Gasteiger partial charge in [-0.1, -0.05) is 42.8 Å². The second-order valence-electron chi connectivity index (χ2n) is 14.4. The van der Waals surface area contributed by atoms with Crippen LogP contribution in [0.1, 0.15) is 77.7 Å². The van der Waals surface area contributed by atoms with Crippen molar-refractivity contribution in [1.29, 1.82) is 0 Å². The Morgan fingerprint density at radius 1 is 1.04 bits per heavy atom. The van der Waals surface area contributed by atoms with Crippen LogP contribution in [-0.4, -0.2) is 63.5 Å². The number of aliphatic hydroxyl groups is 1. The van der Waals surface area contributed by atoms with E-state index in [0.717, 1.165) is 73.5 Å². The van der Waals surface area contributed by atoms with E-state index in [1.54, 1.807) is 6.20 Å². The topological polar surface area (TPSA) is 153 Å². The highest BCUT2D eigenvalue weighted by molar-refractivity contribution is 5.96. The zero-order valence-corrected chi connectivity index (χ0v) is 26.5. The highest BCUT2D eigenvalue weighted by Crippen LogP contribution is 2.67. The summed E-state index contributed by atoms with van der Waals surface area (Å²) in [5.74, 6) is -0.415. The minimum atomic E-state index is -1.15. The fraction of sp³-hybridized carbons (Fsp3) is 0.600. The number of hydrogen-bond acceptors (Lipinski definition) is 6. The molecule has 0 spiro atoms. The summed E-state index contributed by atoms with van der Waals surface area (Å²) in [7, 11) is 0. The molecular weight excluding hydrogens is 572 g/mol. The molecule has 4 aliphatic carbocycles. The van der Waals surface area contributed by atoms with Gasteiger partial charge in [-0.3, -0.25) is 9.59 Å². The zero-order chi connectivity index (χ0) is 32.0. The van der Waals surface area contributed by atoms with E-state index in [9.17, 15) is 24.6 Å². The third kappa shape index (κ3) is 5.77. The van der Waals surface area contributed by atoms with E-state index in [0.29, 0.717) is 17.8 Å². The molecule has 1 aromatic carbocycles. The Bertz CT molecular complexity index is 1540. The van der Waals surface area contributed by atoms with Crippen molar-refractivity contribution in [3.8, 4) is 0 Å². The highest BCUT2D eigenvalue weighted by atomic mass is 16.6. The standard InChI is InChI=1S/C35H46N4O6/c1-33-13-10-23(17-22(33)8-9-25-26(33)11-14-34(2)27(25)12-15-35(34,3)44)39-45-20-31(41)37-19-30(40)38-29(32(42)43)16-21-18-36-28-7-5-4-6-24(21)28/h4-7,17-18,25-27,29,36,44H,8-16,19-20H2,1-3H3,(H,37,41)(H,38,40)(H,42,43)/t25-,26+,27-,29-,33+,34+,35+/m1/s1. The lowest BCUT2D eigenvalue weighted by Crippen LogP contribution is -2.53. The summed E-state index contributed by atoms with van der Waals surface area (Å²) in [6.45, 7) is 6.08. The van der Waals surface area contributed by atoms with Crippen molar-refractivity contribution >= 4 is 34.4 Å². The van der Waals surface area contributed by atoms with E-state index in [1.165, 1.54) is 5.57 Å². The summed E-state index contributed by atoms with van der Waals surface area (Å²) in [6, 6.07) is 6.42. The number of carboxylic acid groups (broad SMARTS) is 1. The van der Waals surface area contributed by atoms with Gasteiger partial charge in [-0.2, -0.15) is 0 Å². The maximum Gasteiger partial charge on any atom is 0.326 e. The summed E-state index contributed by atoms with van der Waals surface area (Å²) in [5.41, 5.74) is 3.50. The molecule has 3 saturated carbocycles. The van der Waals surface area contributed by atoms with Crippen LogP contribution in [0.5, 0.6) is 0 Å². The van der Waals surface area contributed by atoms with Gasteiger partial charge < -0.3 is 30.7 Å². The molecule has 2 aromatic rings. The predicted molar refractivity (Wildman–Crippen MR) is 170 cm³/mol. The van der Waals surface area contributed by atoms with Crippen LogP contribution in [0.2, 0.25) is 0 Å². The Labute approximate surface area is 264 Å². The van der Waals surface area contributed by atoms with Gasteiger partial charge in [0.25, 0.3) is 5.91 Å². The summed E-state index contributed by atoms with van der Waals surface area (Å²) in [5, 5.41) is 31.0. The Hall–Kier alpha value is -3.66. The van der Waals surface area contributed by atoms with Crippen molar-refractivity contribution in [3.05, 3.63) is 47.7 Å². The number of aliphatic carboxylic acids is 1. The fourth-order valence-corrected chi connectivity index (χ4v) is 9.26. The van der Waals surface area contributed by atoms with Crippen molar-refractivity contribution in [2.75, 3.05) is 13.2 Å². The van der Waals surface area contributed by atoms with Crippen LogP contribution in [0.25, 0.3) is 10.9 Å². The molecule has 0 saturated heterocycles. The largest absolute Gasteiger partial charge is 0.480 e. The van der Waals surface area contributed by atoms with Crippen LogP contribution in [0.15, 0.2) is 47.3 Å². The van der Waals surface area contributed by atoms with Crippen LogP contribution in [-0.2, 0) is 25.6 Å². The highest BCUT2D eigenvalue weighted by Gasteiger charge is 2.62. The van der Waals surface area contributed by atoms with Crippen molar-refractivity contribution in [2.24, 2.45) is 33.7 Å². The van der Waals surface area contributed by atoms with Gasteiger partial charge in [0.05, 0.1) is 17.9 Å². The molecule has 1 heterocycles. The number of carboxylic acids is 1. The predicted octanol–water partition coefficient (Wildman–Crippen LogP) is 4.48. The van der Waals surface area contributed by atoms with Gasteiger partial charge in [-0.25, -0.2) is 4.79 Å². The van der Waals surface area contributed by atoms with Gasteiger partial charge in [-0.05, 0) is 105 Å². The maximum atomic E-state index is 12.5. The number of oxime groups is 1. The summed E-state index contributed by atoms with van der Waals surface area (Å²) < 4.78 is 0. The molecule has 2 amide bonds. The summed E-state index contributed by atoms with van der Waals surface area (Å²) in [6.07, 6.45) is 12.2. The zero-order valence-electron chi connectivity index (χ0n) is 26.5. The van der Waals surface area contributed by atoms with Crippen LogP contribution >= 0.6 is 0 Å². The number of amides is 2. The number of rotatable bonds is 9. The molecule has 5 N–H and O–H groups in total. The first-order valence-corrected chi connectivity index (χ1v) is 16.4. The molecule has 7 atom stereocenters. The lowest BCUT2D eigenvalue weighted by molar-refractivity contribution is -0.141. The van der Waals surface area contributed by atoms with Crippen LogP contribution in [0.4, 0.5) is 0 Å². The molecule has 0 aliphatic heterocycles. The SMILES string of the molecule is C[C@]12CCC(=NOCC(=O)NCC(=O)N[C@H](Cc3c[nH]c4ccccc34)C(=O)O)C=C1CC[C@H]1[C@H]3CC[C@](C)(O)[C@@]3(C)CC[C@@H]12. The first kappa shape index (κ1) is 31.3. The molecule has 4 aliphatic rings. The first-order chi connectivity index (χ1) is 21.4. The van der Waals surface area contributed by atoms with Crippen molar-refractivity contribution in [2.45, 2.75) is 90.2 Å². The molecule has 3 fully saturated rings. The summed E-state index contributed by atoms with van der Waals surface area (Å²) in [4.78, 5) is 45.2. The molecule has 1 aromatic heterocycles. The third-order valence-corrected chi connectivity index (χ3v) is 12.1. The van der Waals surface area contributed by atoms with E-state index < -0.39 is 29.4 Å². The molecule has 242 valence electrons. The number of nitrogens with zero attached hydrogens (tertiary/aromatic N) is 1. The Balaban J connectivity index is 0.982. The molecule has 0 unspecified atom stereocenters. The number of H-pyrrole nitrogens is 1.